The van der Waals surface area contributed by atoms with E-state index < -0.39 is 0 Å². The molecule has 0 amide bonds. The van der Waals surface area contributed by atoms with Gasteiger partial charge in [0.25, 0.3) is 0 Å². The Morgan fingerprint density at radius 2 is 1.89 bits per heavy atom. The van der Waals surface area contributed by atoms with Gasteiger partial charge in [-0.2, -0.15) is 0 Å². The minimum absolute atomic E-state index is 0.776. The van der Waals surface area contributed by atoms with E-state index >= 15 is 0 Å². The predicted octanol–water partition coefficient (Wildman–Crippen LogP) is 4.78. The number of furan rings is 1. The standard InChI is InChI=1S/C20H13N5OS/c1-12-19(27-20(24-12)13-9-21-11-22-10-13)16-8-17-14(5-7-26-17)18(25-16)15-4-2-3-6-23-15/h2-11H,1H3. The molecule has 0 aliphatic rings. The van der Waals surface area contributed by atoms with Crippen molar-refractivity contribution in [3.8, 4) is 32.5 Å². The van der Waals surface area contributed by atoms with Crippen LogP contribution in [0.5, 0.6) is 0 Å². The van der Waals surface area contributed by atoms with Crippen molar-refractivity contribution in [2.75, 3.05) is 0 Å². The van der Waals surface area contributed by atoms with E-state index in [-0.39, 0.29) is 0 Å². The molecule has 0 N–H and O–H groups in total. The summed E-state index contributed by atoms with van der Waals surface area (Å²) in [7, 11) is 0. The summed E-state index contributed by atoms with van der Waals surface area (Å²) in [5.41, 5.74) is 5.00. The molecular weight excluding hydrogens is 358 g/mol. The van der Waals surface area contributed by atoms with Gasteiger partial charge in [0.05, 0.1) is 28.2 Å². The Morgan fingerprint density at radius 1 is 1.00 bits per heavy atom. The lowest BCUT2D eigenvalue weighted by molar-refractivity contribution is 0.616. The van der Waals surface area contributed by atoms with E-state index in [4.69, 9.17) is 9.40 Å². The van der Waals surface area contributed by atoms with Crippen molar-refractivity contribution in [3.63, 3.8) is 0 Å². The zero-order chi connectivity index (χ0) is 18.2. The normalized spacial score (nSPS) is 11.1. The molecule has 5 aromatic heterocycles. The van der Waals surface area contributed by atoms with Crippen molar-refractivity contribution in [2.45, 2.75) is 6.92 Å². The molecule has 0 radical (unpaired) electrons. The number of aryl methyl sites for hydroxylation is 1. The first-order chi connectivity index (χ1) is 13.3. The van der Waals surface area contributed by atoms with E-state index in [0.717, 1.165) is 49.2 Å². The molecule has 0 spiro atoms. The Labute approximate surface area is 158 Å². The Kier molecular flexibility index (Phi) is 3.72. The Hall–Kier alpha value is -3.45. The third kappa shape index (κ3) is 2.78. The molecular formula is C20H13N5OS. The molecule has 0 aromatic carbocycles. The van der Waals surface area contributed by atoms with Gasteiger partial charge < -0.3 is 4.42 Å². The molecule has 5 rings (SSSR count). The summed E-state index contributed by atoms with van der Waals surface area (Å²) in [4.78, 5) is 23.2. The highest BCUT2D eigenvalue weighted by atomic mass is 32.1. The number of thiazole rings is 1. The number of hydrogen-bond donors (Lipinski definition) is 0. The van der Waals surface area contributed by atoms with Gasteiger partial charge in [0.2, 0.25) is 0 Å². The molecule has 0 fully saturated rings. The first-order valence-electron chi connectivity index (χ1n) is 8.32. The molecule has 5 aromatic rings. The lowest BCUT2D eigenvalue weighted by Crippen LogP contribution is -1.91. The van der Waals surface area contributed by atoms with Crippen molar-refractivity contribution in [1.82, 2.24) is 24.9 Å². The highest BCUT2D eigenvalue weighted by molar-refractivity contribution is 7.18. The van der Waals surface area contributed by atoms with Crippen LogP contribution in [0.15, 0.2) is 65.9 Å². The van der Waals surface area contributed by atoms with Gasteiger partial charge >= 0.3 is 0 Å². The van der Waals surface area contributed by atoms with E-state index in [1.165, 1.54) is 6.33 Å². The van der Waals surface area contributed by atoms with Crippen molar-refractivity contribution in [1.29, 1.82) is 0 Å². The molecule has 0 bridgehead atoms. The highest BCUT2D eigenvalue weighted by Crippen LogP contribution is 2.37. The maximum atomic E-state index is 5.67. The SMILES string of the molecule is Cc1nc(-c2cncnc2)sc1-c1cc2occc2c(-c2ccccn2)n1. The molecule has 5 heterocycles. The van der Waals surface area contributed by atoms with Gasteiger partial charge in [-0.15, -0.1) is 11.3 Å². The van der Waals surface area contributed by atoms with Crippen molar-refractivity contribution in [3.05, 3.63) is 67.2 Å². The molecule has 0 saturated heterocycles. The fourth-order valence-corrected chi connectivity index (χ4v) is 3.95. The number of nitrogens with zero attached hydrogens (tertiary/aromatic N) is 5. The van der Waals surface area contributed by atoms with Crippen LogP contribution in [0.25, 0.3) is 43.5 Å². The summed E-state index contributed by atoms with van der Waals surface area (Å²) < 4.78 is 5.67. The lowest BCUT2D eigenvalue weighted by atomic mass is 10.1. The monoisotopic (exact) mass is 371 g/mol. The largest absolute Gasteiger partial charge is 0.464 e. The van der Waals surface area contributed by atoms with Gasteiger partial charge in [0.1, 0.15) is 22.6 Å². The Balaban J connectivity index is 1.69. The van der Waals surface area contributed by atoms with Gasteiger partial charge in [-0.05, 0) is 25.1 Å². The molecule has 6 nitrogen and oxygen atoms in total. The second-order valence-corrected chi connectivity index (χ2v) is 6.96. The first kappa shape index (κ1) is 15.8. The van der Waals surface area contributed by atoms with E-state index in [0.29, 0.717) is 0 Å². The molecule has 0 saturated carbocycles. The summed E-state index contributed by atoms with van der Waals surface area (Å²) in [5.74, 6) is 0. The second kappa shape index (κ2) is 6.37. The quantitative estimate of drug-likeness (QED) is 0.454. The fourth-order valence-electron chi connectivity index (χ4n) is 2.95. The van der Waals surface area contributed by atoms with Crippen molar-refractivity contribution < 1.29 is 4.42 Å². The van der Waals surface area contributed by atoms with Gasteiger partial charge in [-0.1, -0.05) is 6.07 Å². The zero-order valence-corrected chi connectivity index (χ0v) is 15.1. The van der Waals surface area contributed by atoms with Crippen LogP contribution in [-0.4, -0.2) is 24.9 Å². The molecule has 0 aliphatic carbocycles. The summed E-state index contributed by atoms with van der Waals surface area (Å²) in [6, 6.07) is 9.66. The molecule has 0 aliphatic heterocycles. The van der Waals surface area contributed by atoms with Crippen LogP contribution in [0.4, 0.5) is 0 Å². The van der Waals surface area contributed by atoms with Crippen LogP contribution in [0.3, 0.4) is 0 Å². The number of pyridine rings is 2. The third-order valence-electron chi connectivity index (χ3n) is 4.19. The Bertz CT molecular complexity index is 1230. The van der Waals surface area contributed by atoms with Crippen LogP contribution in [0.1, 0.15) is 5.69 Å². The summed E-state index contributed by atoms with van der Waals surface area (Å²) in [5, 5.41) is 1.81. The smallest absolute Gasteiger partial charge is 0.138 e. The minimum atomic E-state index is 0.776. The highest BCUT2D eigenvalue weighted by Gasteiger charge is 2.17. The van der Waals surface area contributed by atoms with Crippen molar-refractivity contribution >= 4 is 22.3 Å². The first-order valence-corrected chi connectivity index (χ1v) is 9.14. The topological polar surface area (TPSA) is 77.6 Å². The van der Waals surface area contributed by atoms with Gasteiger partial charge in [0.15, 0.2) is 0 Å². The van der Waals surface area contributed by atoms with E-state index in [1.807, 2.05) is 37.3 Å². The average molecular weight is 371 g/mol. The summed E-state index contributed by atoms with van der Waals surface area (Å²) in [6.07, 6.45) is 8.47. The fraction of sp³-hybridized carbons (Fsp3) is 0.0500. The maximum Gasteiger partial charge on any atom is 0.138 e. The maximum absolute atomic E-state index is 5.67. The number of rotatable bonds is 3. The predicted molar refractivity (Wildman–Crippen MR) is 104 cm³/mol. The summed E-state index contributed by atoms with van der Waals surface area (Å²) >= 11 is 1.57. The van der Waals surface area contributed by atoms with Crippen LogP contribution in [-0.2, 0) is 0 Å². The molecule has 27 heavy (non-hydrogen) atoms. The molecule has 0 unspecified atom stereocenters. The zero-order valence-electron chi connectivity index (χ0n) is 14.3. The molecule has 7 heteroatoms. The van der Waals surface area contributed by atoms with E-state index in [9.17, 15) is 0 Å². The van der Waals surface area contributed by atoms with E-state index in [1.54, 1.807) is 36.2 Å². The van der Waals surface area contributed by atoms with Gasteiger partial charge in [-0.25, -0.2) is 19.9 Å². The average Bonchev–Trinajstić information content (AvgIpc) is 3.35. The summed E-state index contributed by atoms with van der Waals surface area (Å²) in [6.45, 7) is 1.98. The van der Waals surface area contributed by atoms with Gasteiger partial charge in [0, 0.05) is 35.6 Å². The number of fused-ring (bicyclic) bond motifs is 1. The van der Waals surface area contributed by atoms with Crippen LogP contribution >= 0.6 is 11.3 Å². The molecule has 130 valence electrons. The van der Waals surface area contributed by atoms with Gasteiger partial charge in [-0.3, -0.25) is 4.98 Å². The lowest BCUT2D eigenvalue weighted by Gasteiger charge is -2.05. The van der Waals surface area contributed by atoms with E-state index in [2.05, 4.69) is 19.9 Å². The molecule has 0 atom stereocenters. The van der Waals surface area contributed by atoms with Crippen molar-refractivity contribution in [2.24, 2.45) is 0 Å². The minimum Gasteiger partial charge on any atom is -0.464 e. The number of aromatic nitrogens is 5. The van der Waals surface area contributed by atoms with Crippen LogP contribution < -0.4 is 0 Å². The van der Waals surface area contributed by atoms with Crippen LogP contribution in [0.2, 0.25) is 0 Å². The Morgan fingerprint density at radius 3 is 2.70 bits per heavy atom. The number of hydrogen-bond acceptors (Lipinski definition) is 7. The second-order valence-electron chi connectivity index (χ2n) is 5.96. The van der Waals surface area contributed by atoms with Crippen LogP contribution in [0, 0.1) is 6.92 Å². The third-order valence-corrected chi connectivity index (χ3v) is 5.42.